The molecule has 0 atom stereocenters. The summed E-state index contributed by atoms with van der Waals surface area (Å²) in [5.41, 5.74) is 1.62. The van der Waals surface area contributed by atoms with Crippen LogP contribution in [0.15, 0.2) is 53.1 Å². The fourth-order valence-corrected chi connectivity index (χ4v) is 4.00. The number of hydrogen-bond acceptors (Lipinski definition) is 4. The van der Waals surface area contributed by atoms with Crippen molar-refractivity contribution >= 4 is 60.2 Å². The molecular formula is C19H17BrN4OS. The van der Waals surface area contributed by atoms with E-state index in [0.717, 1.165) is 39.5 Å². The number of amides is 1. The third-order valence-corrected chi connectivity index (χ3v) is 5.52. The van der Waals surface area contributed by atoms with Crippen LogP contribution in [0.2, 0.25) is 0 Å². The predicted molar refractivity (Wildman–Crippen MR) is 111 cm³/mol. The molecule has 0 aliphatic rings. The monoisotopic (exact) mass is 428 g/mol. The maximum absolute atomic E-state index is 12.4. The van der Waals surface area contributed by atoms with Crippen LogP contribution in [0.5, 0.6) is 0 Å². The van der Waals surface area contributed by atoms with Crippen molar-refractivity contribution in [1.29, 1.82) is 0 Å². The zero-order valence-electron chi connectivity index (χ0n) is 13.9. The Bertz CT molecular complexity index is 1070. The van der Waals surface area contributed by atoms with Crippen LogP contribution in [0.3, 0.4) is 0 Å². The topological polar surface area (TPSA) is 69.8 Å². The average Bonchev–Trinajstić information content (AvgIpc) is 3.25. The zero-order chi connectivity index (χ0) is 17.9. The number of nitrogens with one attached hydrogen (secondary N) is 3. The highest BCUT2D eigenvalue weighted by atomic mass is 79.9. The van der Waals surface area contributed by atoms with Gasteiger partial charge in [0.1, 0.15) is 5.82 Å². The van der Waals surface area contributed by atoms with Gasteiger partial charge in [-0.15, -0.1) is 0 Å². The van der Waals surface area contributed by atoms with Crippen LogP contribution in [-0.2, 0) is 0 Å². The van der Waals surface area contributed by atoms with E-state index in [2.05, 4.69) is 48.1 Å². The summed E-state index contributed by atoms with van der Waals surface area (Å²) in [7, 11) is 0. The molecule has 132 valence electrons. The lowest BCUT2D eigenvalue weighted by molar-refractivity contribution is 0.0955. The van der Waals surface area contributed by atoms with Crippen LogP contribution in [-0.4, -0.2) is 28.4 Å². The Balaban J connectivity index is 1.30. The molecule has 0 unspecified atom stereocenters. The van der Waals surface area contributed by atoms with Gasteiger partial charge in [0.2, 0.25) is 0 Å². The first-order valence-electron chi connectivity index (χ1n) is 8.35. The predicted octanol–water partition coefficient (Wildman–Crippen LogP) is 4.77. The summed E-state index contributed by atoms with van der Waals surface area (Å²) in [5, 5.41) is 8.40. The Hall–Kier alpha value is -2.38. The van der Waals surface area contributed by atoms with Crippen LogP contribution in [0.1, 0.15) is 16.8 Å². The van der Waals surface area contributed by atoms with Gasteiger partial charge in [0.05, 0.1) is 10.3 Å². The van der Waals surface area contributed by atoms with Crippen molar-refractivity contribution in [2.45, 2.75) is 6.42 Å². The van der Waals surface area contributed by atoms with Gasteiger partial charge in [0, 0.05) is 40.0 Å². The van der Waals surface area contributed by atoms with Crippen molar-refractivity contribution in [1.82, 2.24) is 14.7 Å². The summed E-state index contributed by atoms with van der Waals surface area (Å²) in [6.45, 7) is 1.36. The van der Waals surface area contributed by atoms with Crippen LogP contribution in [0.25, 0.3) is 21.0 Å². The molecule has 0 fully saturated rings. The minimum absolute atomic E-state index is 0.0616. The molecule has 5 nitrogen and oxygen atoms in total. The molecule has 4 rings (SSSR count). The number of carbonyl (C=O) groups is 1. The molecular weight excluding hydrogens is 412 g/mol. The lowest BCUT2D eigenvalue weighted by Crippen LogP contribution is -2.25. The van der Waals surface area contributed by atoms with Crippen molar-refractivity contribution in [3.05, 3.63) is 58.7 Å². The second-order valence-corrected chi connectivity index (χ2v) is 7.68. The van der Waals surface area contributed by atoms with E-state index in [-0.39, 0.29) is 5.91 Å². The van der Waals surface area contributed by atoms with Gasteiger partial charge in [-0.25, -0.2) is 0 Å². The van der Waals surface area contributed by atoms with E-state index < -0.39 is 0 Å². The van der Waals surface area contributed by atoms with E-state index in [1.807, 2.05) is 30.3 Å². The Morgan fingerprint density at radius 3 is 2.96 bits per heavy atom. The van der Waals surface area contributed by atoms with Crippen molar-refractivity contribution in [2.24, 2.45) is 0 Å². The van der Waals surface area contributed by atoms with Crippen molar-refractivity contribution in [3.63, 3.8) is 0 Å². The quantitative estimate of drug-likeness (QED) is 0.387. The van der Waals surface area contributed by atoms with Gasteiger partial charge in [-0.3, -0.25) is 4.79 Å². The fraction of sp³-hybridized carbons (Fsp3) is 0.158. The molecule has 1 amide bonds. The van der Waals surface area contributed by atoms with E-state index in [1.54, 1.807) is 6.20 Å². The molecule has 2 heterocycles. The van der Waals surface area contributed by atoms with E-state index >= 15 is 0 Å². The summed E-state index contributed by atoms with van der Waals surface area (Å²) in [5.74, 6) is 0.854. The first-order chi connectivity index (χ1) is 12.7. The first kappa shape index (κ1) is 17.1. The minimum Gasteiger partial charge on any atom is -0.369 e. The van der Waals surface area contributed by atoms with Crippen LogP contribution in [0, 0.1) is 0 Å². The number of anilines is 1. The number of hydrogen-bond donors (Lipinski definition) is 3. The standard InChI is InChI=1S/C19H17BrN4OS/c20-12-6-7-16-14(10-12)15(11-23-16)19(25)22-9-3-8-21-18-13-4-1-2-5-17(13)26-24-18/h1-2,4-7,10-11,23H,3,8-9H2,(H,21,24)(H,22,25). The number of carbonyl (C=O) groups excluding carboxylic acids is 1. The van der Waals surface area contributed by atoms with Crippen molar-refractivity contribution in [3.8, 4) is 0 Å². The van der Waals surface area contributed by atoms with Crippen LogP contribution in [0.4, 0.5) is 5.82 Å². The average molecular weight is 429 g/mol. The molecule has 0 saturated carbocycles. The molecule has 0 aliphatic carbocycles. The lowest BCUT2D eigenvalue weighted by Gasteiger charge is -2.06. The number of halogens is 1. The summed E-state index contributed by atoms with van der Waals surface area (Å²) in [6.07, 6.45) is 2.58. The van der Waals surface area contributed by atoms with Crippen molar-refractivity contribution in [2.75, 3.05) is 18.4 Å². The number of aromatic nitrogens is 2. The third-order valence-electron chi connectivity index (χ3n) is 4.20. The van der Waals surface area contributed by atoms with E-state index in [1.165, 1.54) is 16.2 Å². The molecule has 0 saturated heterocycles. The SMILES string of the molecule is O=C(NCCCNc1nsc2ccccc12)c1c[nH]c2ccc(Br)cc12. The van der Waals surface area contributed by atoms with Gasteiger partial charge in [0.15, 0.2) is 0 Å². The smallest absolute Gasteiger partial charge is 0.253 e. The van der Waals surface area contributed by atoms with Gasteiger partial charge >= 0.3 is 0 Å². The molecule has 3 N–H and O–H groups in total. The van der Waals surface area contributed by atoms with Crippen molar-refractivity contribution < 1.29 is 4.79 Å². The maximum atomic E-state index is 12.4. The fourth-order valence-electron chi connectivity index (χ4n) is 2.89. The zero-order valence-corrected chi connectivity index (χ0v) is 16.3. The van der Waals surface area contributed by atoms with Crippen LogP contribution < -0.4 is 10.6 Å². The number of rotatable bonds is 6. The lowest BCUT2D eigenvalue weighted by atomic mass is 10.1. The highest BCUT2D eigenvalue weighted by Gasteiger charge is 2.11. The van der Waals surface area contributed by atoms with Gasteiger partial charge in [0.25, 0.3) is 5.91 Å². The Morgan fingerprint density at radius 2 is 2.04 bits per heavy atom. The number of H-pyrrole nitrogens is 1. The molecule has 4 aromatic rings. The highest BCUT2D eigenvalue weighted by Crippen LogP contribution is 2.26. The largest absolute Gasteiger partial charge is 0.369 e. The molecule has 2 aromatic carbocycles. The molecule has 26 heavy (non-hydrogen) atoms. The molecule has 0 radical (unpaired) electrons. The molecule has 7 heteroatoms. The first-order valence-corrected chi connectivity index (χ1v) is 9.92. The summed E-state index contributed by atoms with van der Waals surface area (Å²) >= 11 is 4.94. The summed E-state index contributed by atoms with van der Waals surface area (Å²) < 4.78 is 6.58. The summed E-state index contributed by atoms with van der Waals surface area (Å²) in [6, 6.07) is 14.0. The van der Waals surface area contributed by atoms with Crippen LogP contribution >= 0.6 is 27.5 Å². The van der Waals surface area contributed by atoms with E-state index in [0.29, 0.717) is 12.1 Å². The molecule has 0 bridgehead atoms. The minimum atomic E-state index is -0.0616. The molecule has 2 aromatic heterocycles. The number of aromatic amines is 1. The number of fused-ring (bicyclic) bond motifs is 2. The second-order valence-electron chi connectivity index (χ2n) is 5.96. The number of nitrogens with zero attached hydrogens (tertiary/aromatic N) is 1. The molecule has 0 aliphatic heterocycles. The van der Waals surface area contributed by atoms with Gasteiger partial charge in [-0.2, -0.15) is 4.37 Å². The highest BCUT2D eigenvalue weighted by molar-refractivity contribution is 9.10. The summed E-state index contributed by atoms with van der Waals surface area (Å²) in [4.78, 5) is 15.6. The van der Waals surface area contributed by atoms with Gasteiger partial charge in [-0.1, -0.05) is 28.1 Å². The van der Waals surface area contributed by atoms with Gasteiger partial charge in [-0.05, 0) is 48.3 Å². The van der Waals surface area contributed by atoms with Gasteiger partial charge < -0.3 is 15.6 Å². The maximum Gasteiger partial charge on any atom is 0.253 e. The third kappa shape index (κ3) is 3.45. The Labute approximate surface area is 163 Å². The Morgan fingerprint density at radius 1 is 1.15 bits per heavy atom. The molecule has 0 spiro atoms. The van der Waals surface area contributed by atoms with E-state index in [9.17, 15) is 4.79 Å². The second kappa shape index (κ2) is 7.47. The van der Waals surface area contributed by atoms with E-state index in [4.69, 9.17) is 0 Å². The normalized spacial score (nSPS) is 11.1. The number of benzene rings is 2. The Kier molecular flexibility index (Phi) is 4.90.